The van der Waals surface area contributed by atoms with Crippen LogP contribution in [0.2, 0.25) is 0 Å². The number of H-pyrrole nitrogens is 1. The average Bonchev–Trinajstić information content (AvgIpc) is 3.19. The molecule has 7 nitrogen and oxygen atoms in total. The first-order valence-corrected chi connectivity index (χ1v) is 7.79. The van der Waals surface area contributed by atoms with Crippen LogP contribution in [0.15, 0.2) is 36.4 Å². The number of rotatable bonds is 5. The summed E-state index contributed by atoms with van der Waals surface area (Å²) in [5.41, 5.74) is 0.355. The van der Waals surface area contributed by atoms with Gasteiger partial charge in [-0.05, 0) is 25.0 Å². The molecule has 0 unspecified atom stereocenters. The summed E-state index contributed by atoms with van der Waals surface area (Å²) in [6.45, 7) is 0. The van der Waals surface area contributed by atoms with Gasteiger partial charge >= 0.3 is 0 Å². The van der Waals surface area contributed by atoms with Crippen LogP contribution in [-0.4, -0.2) is 31.1 Å². The maximum Gasteiger partial charge on any atom is 0.282 e. The lowest BCUT2D eigenvalue weighted by atomic mass is 10.2. The summed E-state index contributed by atoms with van der Waals surface area (Å²) in [7, 11) is 0. The van der Waals surface area contributed by atoms with Gasteiger partial charge in [0.05, 0.1) is 5.69 Å². The highest BCUT2D eigenvalue weighted by Crippen LogP contribution is 2.39. The topological polar surface area (TPSA) is 88.5 Å². The van der Waals surface area contributed by atoms with E-state index in [0.29, 0.717) is 11.6 Å². The summed E-state index contributed by atoms with van der Waals surface area (Å²) >= 11 is 0. The van der Waals surface area contributed by atoms with Crippen molar-refractivity contribution < 1.29 is 13.6 Å². The van der Waals surface area contributed by atoms with E-state index in [1.165, 1.54) is 0 Å². The number of aromatic nitrogens is 5. The van der Waals surface area contributed by atoms with E-state index in [2.05, 4.69) is 25.8 Å². The fourth-order valence-corrected chi connectivity index (χ4v) is 2.59. The van der Waals surface area contributed by atoms with Gasteiger partial charge in [-0.25, -0.2) is 13.5 Å². The molecule has 4 rings (SSSR count). The molecule has 0 aliphatic heterocycles. The van der Waals surface area contributed by atoms with Gasteiger partial charge < -0.3 is 5.32 Å². The standard InChI is InChI=1S/C16H14F2N6O/c17-15(18)14-13(22-23-24(14)10-4-2-1-3-5-10)16(25)19-12-8-11(20-21-12)9-6-7-9/h1-5,8-9,15H,6-7H2,(H2,19,20,21,25). The Bertz CT molecular complexity index is 901. The lowest BCUT2D eigenvalue weighted by Gasteiger charge is -2.06. The van der Waals surface area contributed by atoms with Gasteiger partial charge in [0.1, 0.15) is 5.69 Å². The highest BCUT2D eigenvalue weighted by molar-refractivity contribution is 6.03. The second kappa shape index (κ2) is 6.08. The molecule has 2 aromatic heterocycles. The summed E-state index contributed by atoms with van der Waals surface area (Å²) < 4.78 is 28.0. The summed E-state index contributed by atoms with van der Waals surface area (Å²) in [5.74, 6) is -0.0542. The Kier molecular flexibility index (Phi) is 3.75. The van der Waals surface area contributed by atoms with Gasteiger partial charge in [0, 0.05) is 17.7 Å². The molecule has 2 N–H and O–H groups in total. The van der Waals surface area contributed by atoms with Gasteiger partial charge in [-0.15, -0.1) is 5.10 Å². The van der Waals surface area contributed by atoms with E-state index in [4.69, 9.17) is 0 Å². The third-order valence-electron chi connectivity index (χ3n) is 3.98. The van der Waals surface area contributed by atoms with Crippen LogP contribution in [-0.2, 0) is 0 Å². The van der Waals surface area contributed by atoms with Crippen molar-refractivity contribution in [3.8, 4) is 5.69 Å². The number of halogens is 2. The van der Waals surface area contributed by atoms with Crippen LogP contribution in [0.25, 0.3) is 5.69 Å². The Morgan fingerprint density at radius 2 is 2.04 bits per heavy atom. The fraction of sp³-hybridized carbons (Fsp3) is 0.250. The largest absolute Gasteiger partial charge is 0.304 e. The number of carbonyl (C=O) groups is 1. The second-order valence-corrected chi connectivity index (χ2v) is 5.81. The zero-order valence-electron chi connectivity index (χ0n) is 13.0. The molecule has 0 bridgehead atoms. The number of anilines is 1. The molecule has 3 aromatic rings. The van der Waals surface area contributed by atoms with Crippen molar-refractivity contribution in [2.24, 2.45) is 0 Å². The highest BCUT2D eigenvalue weighted by Gasteiger charge is 2.29. The number of nitrogens with one attached hydrogen (secondary N) is 2. The van der Waals surface area contributed by atoms with Gasteiger partial charge in [-0.3, -0.25) is 9.89 Å². The van der Waals surface area contributed by atoms with Gasteiger partial charge in [0.15, 0.2) is 11.5 Å². The number of hydrogen-bond acceptors (Lipinski definition) is 4. The van der Waals surface area contributed by atoms with Crippen LogP contribution in [0.1, 0.15) is 47.1 Å². The molecule has 1 fully saturated rings. The lowest BCUT2D eigenvalue weighted by molar-refractivity contribution is 0.1000. The molecule has 0 radical (unpaired) electrons. The maximum atomic E-state index is 13.5. The number of aromatic amines is 1. The zero-order chi connectivity index (χ0) is 17.4. The normalized spacial score (nSPS) is 14.0. The number of carbonyl (C=O) groups excluding carboxylic acids is 1. The van der Waals surface area contributed by atoms with Crippen molar-refractivity contribution >= 4 is 11.7 Å². The van der Waals surface area contributed by atoms with Gasteiger partial charge in [0.25, 0.3) is 12.3 Å². The van der Waals surface area contributed by atoms with Crippen molar-refractivity contribution in [3.63, 3.8) is 0 Å². The summed E-state index contributed by atoms with van der Waals surface area (Å²) in [6.07, 6.45) is -0.746. The number of para-hydroxylation sites is 1. The summed E-state index contributed by atoms with van der Waals surface area (Å²) in [4.78, 5) is 12.4. The summed E-state index contributed by atoms with van der Waals surface area (Å²) in [5, 5.41) is 16.7. The molecule has 9 heteroatoms. The first-order chi connectivity index (χ1) is 12.1. The van der Waals surface area contributed by atoms with Crippen molar-refractivity contribution in [2.45, 2.75) is 25.2 Å². The van der Waals surface area contributed by atoms with Gasteiger partial charge in [-0.2, -0.15) is 5.10 Å². The number of amides is 1. The zero-order valence-corrected chi connectivity index (χ0v) is 13.0. The molecular formula is C16H14F2N6O. The Balaban J connectivity index is 1.62. The molecule has 2 heterocycles. The maximum absolute atomic E-state index is 13.5. The Morgan fingerprint density at radius 1 is 1.28 bits per heavy atom. The molecule has 1 aliphatic rings. The molecule has 0 saturated heterocycles. The SMILES string of the molecule is O=C(Nc1cc(C2CC2)[nH]n1)c1nnn(-c2ccccc2)c1C(F)F. The number of hydrogen-bond donors (Lipinski definition) is 2. The average molecular weight is 344 g/mol. The van der Waals surface area contributed by atoms with E-state index >= 15 is 0 Å². The van der Waals surface area contributed by atoms with Crippen molar-refractivity contribution in [2.75, 3.05) is 5.32 Å². The number of nitrogens with zero attached hydrogens (tertiary/aromatic N) is 4. The van der Waals surface area contributed by atoms with E-state index in [0.717, 1.165) is 23.2 Å². The number of alkyl halides is 2. The van der Waals surface area contributed by atoms with Crippen LogP contribution in [0.5, 0.6) is 0 Å². The molecule has 1 saturated carbocycles. The second-order valence-electron chi connectivity index (χ2n) is 5.81. The highest BCUT2D eigenvalue weighted by atomic mass is 19.3. The third kappa shape index (κ3) is 3.00. The molecule has 128 valence electrons. The molecule has 0 atom stereocenters. The Hall–Kier alpha value is -3.10. The minimum absolute atomic E-state index is 0.279. The van der Waals surface area contributed by atoms with Crippen molar-refractivity contribution in [3.05, 3.63) is 53.5 Å². The first kappa shape index (κ1) is 15.4. The van der Waals surface area contributed by atoms with Crippen LogP contribution in [0.3, 0.4) is 0 Å². The van der Waals surface area contributed by atoms with Crippen LogP contribution < -0.4 is 5.32 Å². The molecular weight excluding hydrogens is 330 g/mol. The minimum atomic E-state index is -2.91. The Labute approximate surface area is 141 Å². The van der Waals surface area contributed by atoms with Gasteiger partial charge in [-0.1, -0.05) is 23.4 Å². The van der Waals surface area contributed by atoms with Crippen molar-refractivity contribution in [1.82, 2.24) is 25.2 Å². The van der Waals surface area contributed by atoms with E-state index < -0.39 is 23.7 Å². The monoisotopic (exact) mass is 344 g/mol. The van der Waals surface area contributed by atoms with E-state index in [9.17, 15) is 13.6 Å². The van der Waals surface area contributed by atoms with E-state index in [1.54, 1.807) is 36.4 Å². The van der Waals surface area contributed by atoms with Crippen molar-refractivity contribution in [1.29, 1.82) is 0 Å². The molecule has 1 aromatic carbocycles. The Morgan fingerprint density at radius 3 is 2.72 bits per heavy atom. The summed E-state index contributed by atoms with van der Waals surface area (Å²) in [6, 6.07) is 10.1. The molecule has 0 spiro atoms. The molecule has 1 amide bonds. The first-order valence-electron chi connectivity index (χ1n) is 7.79. The predicted molar refractivity (Wildman–Crippen MR) is 84.8 cm³/mol. The van der Waals surface area contributed by atoms with Crippen LogP contribution >= 0.6 is 0 Å². The third-order valence-corrected chi connectivity index (χ3v) is 3.98. The van der Waals surface area contributed by atoms with E-state index in [-0.39, 0.29) is 5.82 Å². The molecule has 1 aliphatic carbocycles. The predicted octanol–water partition coefficient (Wildman–Crippen LogP) is 3.06. The lowest BCUT2D eigenvalue weighted by Crippen LogP contribution is -2.16. The molecule has 25 heavy (non-hydrogen) atoms. The number of benzene rings is 1. The van der Waals surface area contributed by atoms with Crippen LogP contribution in [0, 0.1) is 0 Å². The van der Waals surface area contributed by atoms with Gasteiger partial charge in [0.2, 0.25) is 0 Å². The quantitative estimate of drug-likeness (QED) is 0.744. The minimum Gasteiger partial charge on any atom is -0.304 e. The fourth-order valence-electron chi connectivity index (χ4n) is 2.59. The van der Waals surface area contributed by atoms with E-state index in [1.807, 2.05) is 0 Å². The smallest absolute Gasteiger partial charge is 0.282 e. The van der Waals surface area contributed by atoms with Crippen LogP contribution in [0.4, 0.5) is 14.6 Å².